The van der Waals surface area contributed by atoms with E-state index in [0.29, 0.717) is 12.3 Å². The Labute approximate surface area is 121 Å². The van der Waals surface area contributed by atoms with Crippen molar-refractivity contribution in [3.05, 3.63) is 0 Å². The van der Waals surface area contributed by atoms with Crippen LogP contribution in [0.3, 0.4) is 0 Å². The summed E-state index contributed by atoms with van der Waals surface area (Å²) in [6, 6.07) is -0.196. The lowest BCUT2D eigenvalue weighted by Crippen LogP contribution is -2.46. The van der Waals surface area contributed by atoms with Crippen molar-refractivity contribution in [2.24, 2.45) is 11.8 Å². The molecule has 1 aliphatic rings. The fourth-order valence-electron chi connectivity index (χ4n) is 2.27. The zero-order valence-electron chi connectivity index (χ0n) is 13.4. The Hall–Kier alpha value is -1.26. The lowest BCUT2D eigenvalue weighted by atomic mass is 9.95. The van der Waals surface area contributed by atoms with Crippen molar-refractivity contribution in [3.63, 3.8) is 0 Å². The molecule has 5 heteroatoms. The summed E-state index contributed by atoms with van der Waals surface area (Å²) in [6.45, 7) is 11.5. The second kappa shape index (κ2) is 6.46. The summed E-state index contributed by atoms with van der Waals surface area (Å²) in [5.41, 5.74) is -0.536. The number of hydrogen-bond acceptors (Lipinski definition) is 4. The molecular weight excluding hydrogens is 258 g/mol. The number of nitrogens with one attached hydrogen (secondary N) is 1. The van der Waals surface area contributed by atoms with Crippen molar-refractivity contribution in [1.82, 2.24) is 5.32 Å². The molecule has 0 spiro atoms. The van der Waals surface area contributed by atoms with Gasteiger partial charge in [-0.05, 0) is 39.5 Å². The highest BCUT2D eigenvalue weighted by Gasteiger charge is 2.37. The molecule has 3 atom stereocenters. The first-order valence-electron chi connectivity index (χ1n) is 7.28. The Morgan fingerprint density at radius 1 is 1.45 bits per heavy atom. The first-order valence-corrected chi connectivity index (χ1v) is 7.28. The summed E-state index contributed by atoms with van der Waals surface area (Å²) < 4.78 is 10.6. The highest BCUT2D eigenvalue weighted by molar-refractivity contribution is 5.74. The maximum atomic E-state index is 11.9. The third-order valence-electron chi connectivity index (χ3n) is 3.13. The number of alkyl carbamates (subject to hydrolysis) is 1. The standard InChI is InChI=1S/C15H27NO4/c1-9(2)7-11(12-8-10(3)13(17)19-12)16-14(18)20-15(4,5)6/h9-12H,7-8H2,1-6H3,(H,16,18)/t10-,11+,12+/m1/s1. The average molecular weight is 285 g/mol. The van der Waals surface area contributed by atoms with Gasteiger partial charge in [0, 0.05) is 0 Å². The number of cyclic esters (lactones) is 1. The van der Waals surface area contributed by atoms with E-state index in [9.17, 15) is 9.59 Å². The number of ether oxygens (including phenoxy) is 2. The monoisotopic (exact) mass is 285 g/mol. The predicted molar refractivity (Wildman–Crippen MR) is 76.3 cm³/mol. The second-order valence-electron chi connectivity index (χ2n) is 6.99. The van der Waals surface area contributed by atoms with Gasteiger partial charge in [0.25, 0.3) is 0 Å². The molecule has 1 N–H and O–H groups in total. The van der Waals surface area contributed by atoms with Crippen LogP contribution < -0.4 is 5.32 Å². The van der Waals surface area contributed by atoms with E-state index in [4.69, 9.17) is 9.47 Å². The molecule has 0 aromatic rings. The first-order chi connectivity index (χ1) is 9.08. The van der Waals surface area contributed by atoms with Gasteiger partial charge < -0.3 is 14.8 Å². The van der Waals surface area contributed by atoms with E-state index in [1.807, 2.05) is 27.7 Å². The molecule has 5 nitrogen and oxygen atoms in total. The molecule has 1 saturated heterocycles. The van der Waals surface area contributed by atoms with Crippen LogP contribution in [-0.4, -0.2) is 29.8 Å². The molecule has 20 heavy (non-hydrogen) atoms. The third kappa shape index (κ3) is 5.39. The van der Waals surface area contributed by atoms with E-state index in [1.165, 1.54) is 0 Å². The minimum Gasteiger partial charge on any atom is -0.460 e. The van der Waals surface area contributed by atoms with Crippen molar-refractivity contribution >= 4 is 12.1 Å². The van der Waals surface area contributed by atoms with Crippen molar-refractivity contribution in [2.75, 3.05) is 0 Å². The van der Waals surface area contributed by atoms with Gasteiger partial charge in [-0.15, -0.1) is 0 Å². The largest absolute Gasteiger partial charge is 0.460 e. The fraction of sp³-hybridized carbons (Fsp3) is 0.867. The van der Waals surface area contributed by atoms with Gasteiger partial charge in [-0.3, -0.25) is 4.79 Å². The maximum absolute atomic E-state index is 11.9. The molecule has 0 aliphatic carbocycles. The SMILES string of the molecule is CC(C)C[C@H](NC(=O)OC(C)(C)C)[C@@H]1C[C@@H](C)C(=O)O1. The highest BCUT2D eigenvalue weighted by atomic mass is 16.6. The third-order valence-corrected chi connectivity index (χ3v) is 3.13. The minimum absolute atomic E-state index is 0.102. The number of amides is 1. The van der Waals surface area contributed by atoms with Crippen molar-refractivity contribution in [3.8, 4) is 0 Å². The van der Waals surface area contributed by atoms with Crippen LogP contribution in [0.5, 0.6) is 0 Å². The summed E-state index contributed by atoms with van der Waals surface area (Å²) in [4.78, 5) is 23.4. The van der Waals surface area contributed by atoms with E-state index < -0.39 is 11.7 Å². The second-order valence-corrected chi connectivity index (χ2v) is 6.99. The van der Waals surface area contributed by atoms with Crippen molar-refractivity contribution in [1.29, 1.82) is 0 Å². The minimum atomic E-state index is -0.536. The van der Waals surface area contributed by atoms with Crippen molar-refractivity contribution in [2.45, 2.75) is 72.1 Å². The summed E-state index contributed by atoms with van der Waals surface area (Å²) in [6.07, 6.45) is 0.682. The lowest BCUT2D eigenvalue weighted by molar-refractivity contribution is -0.145. The van der Waals surface area contributed by atoms with Crippen LogP contribution in [-0.2, 0) is 14.3 Å². The van der Waals surface area contributed by atoms with E-state index in [0.717, 1.165) is 6.42 Å². The quantitative estimate of drug-likeness (QED) is 0.807. The number of carbonyl (C=O) groups is 2. The number of esters is 1. The first kappa shape index (κ1) is 16.8. The number of rotatable bonds is 4. The Bertz CT molecular complexity index is 359. The van der Waals surface area contributed by atoms with E-state index >= 15 is 0 Å². The Balaban J connectivity index is 2.65. The zero-order chi connectivity index (χ0) is 15.5. The lowest BCUT2D eigenvalue weighted by Gasteiger charge is -2.27. The number of carbonyl (C=O) groups excluding carboxylic acids is 2. The maximum Gasteiger partial charge on any atom is 0.408 e. The normalized spacial score (nSPS) is 24.4. The summed E-state index contributed by atoms with van der Waals surface area (Å²) in [5, 5.41) is 2.85. The van der Waals surface area contributed by atoms with Crippen LogP contribution in [0, 0.1) is 11.8 Å². The molecule has 0 radical (unpaired) electrons. The molecule has 0 saturated carbocycles. The molecule has 0 aromatic carbocycles. The average Bonchev–Trinajstić information content (AvgIpc) is 2.54. The van der Waals surface area contributed by atoms with Crippen LogP contribution in [0.2, 0.25) is 0 Å². The van der Waals surface area contributed by atoms with Gasteiger partial charge in [-0.25, -0.2) is 4.79 Å². The topological polar surface area (TPSA) is 64.6 Å². The number of hydrogen-bond donors (Lipinski definition) is 1. The molecule has 1 aliphatic heterocycles. The Morgan fingerprint density at radius 2 is 2.05 bits per heavy atom. The molecule has 1 rings (SSSR count). The van der Waals surface area contributed by atoms with Gasteiger partial charge in [0.05, 0.1) is 12.0 Å². The Kier molecular flexibility index (Phi) is 5.42. The van der Waals surface area contributed by atoms with Gasteiger partial charge in [-0.2, -0.15) is 0 Å². The van der Waals surface area contributed by atoms with Crippen LogP contribution in [0.15, 0.2) is 0 Å². The van der Waals surface area contributed by atoms with Crippen LogP contribution in [0.4, 0.5) is 4.79 Å². The predicted octanol–water partition coefficient (Wildman–Crippen LogP) is 2.88. The molecule has 0 aromatic heterocycles. The molecule has 1 heterocycles. The molecule has 0 unspecified atom stereocenters. The molecule has 1 amide bonds. The van der Waals surface area contributed by atoms with E-state index in [-0.39, 0.29) is 24.0 Å². The van der Waals surface area contributed by atoms with E-state index in [2.05, 4.69) is 19.2 Å². The summed E-state index contributed by atoms with van der Waals surface area (Å²) >= 11 is 0. The van der Waals surface area contributed by atoms with E-state index in [1.54, 1.807) is 0 Å². The highest BCUT2D eigenvalue weighted by Crippen LogP contribution is 2.26. The molecule has 0 bridgehead atoms. The molecule has 1 fully saturated rings. The molecular formula is C15H27NO4. The van der Waals surface area contributed by atoms with Crippen LogP contribution in [0.1, 0.15) is 54.4 Å². The Morgan fingerprint density at radius 3 is 2.45 bits per heavy atom. The summed E-state index contributed by atoms with van der Waals surface area (Å²) in [7, 11) is 0. The zero-order valence-corrected chi connectivity index (χ0v) is 13.4. The van der Waals surface area contributed by atoms with Crippen LogP contribution in [0.25, 0.3) is 0 Å². The summed E-state index contributed by atoms with van der Waals surface area (Å²) in [5.74, 6) is 0.106. The van der Waals surface area contributed by atoms with Gasteiger partial charge in [0.2, 0.25) is 0 Å². The smallest absolute Gasteiger partial charge is 0.408 e. The van der Waals surface area contributed by atoms with Gasteiger partial charge in [0.1, 0.15) is 11.7 Å². The molecule has 116 valence electrons. The van der Waals surface area contributed by atoms with Gasteiger partial charge >= 0.3 is 12.1 Å². The van der Waals surface area contributed by atoms with Gasteiger partial charge in [-0.1, -0.05) is 20.8 Å². The van der Waals surface area contributed by atoms with Crippen molar-refractivity contribution < 1.29 is 19.1 Å². The fourth-order valence-corrected chi connectivity index (χ4v) is 2.27. The van der Waals surface area contributed by atoms with Crippen LogP contribution >= 0.6 is 0 Å². The van der Waals surface area contributed by atoms with Gasteiger partial charge in [0.15, 0.2) is 0 Å².